The maximum atomic E-state index is 2.56. The standard InChI is InChI=1S/C64H48N2/c1-7-20-45(21-8-1)51-32-19-33-52(42-51)64-56-37-35-53(65-59(46-22-9-2-10-23-46)38-39-60(65)47-24-11-3-12-25-47)43-57(56)63(50-30-17-6-18-31-50)55-36-34-54(44-58(55)64)66-61(48-26-13-4-14-27-48)40-41-62(66)49-28-15-5-16-29-49/h1-15,17-26,28,30-44,48H,16,27,29H2. The summed E-state index contributed by atoms with van der Waals surface area (Å²) in [7, 11) is 0. The van der Waals surface area contributed by atoms with E-state index in [0.29, 0.717) is 0 Å². The number of nitrogens with zero attached hydrogens (tertiary/aromatic N) is 2. The smallest absolute Gasteiger partial charge is 0.0535 e. The summed E-state index contributed by atoms with van der Waals surface area (Å²) in [5.41, 5.74) is 18.2. The topological polar surface area (TPSA) is 9.86 Å². The number of rotatable bonds is 9. The van der Waals surface area contributed by atoms with Crippen LogP contribution < -0.4 is 0 Å². The zero-order valence-electron chi connectivity index (χ0n) is 36.8. The number of hydrogen-bond acceptors (Lipinski definition) is 0. The zero-order chi connectivity index (χ0) is 43.8. The van der Waals surface area contributed by atoms with Gasteiger partial charge in [-0.25, -0.2) is 0 Å². The second-order valence-electron chi connectivity index (χ2n) is 17.5. The Kier molecular flexibility index (Phi) is 10.2. The van der Waals surface area contributed by atoms with Crippen molar-refractivity contribution in [2.45, 2.75) is 25.2 Å². The molecule has 12 rings (SSSR count). The average molecular weight is 845 g/mol. The molecule has 0 aliphatic heterocycles. The van der Waals surface area contributed by atoms with Crippen molar-refractivity contribution in [2.75, 3.05) is 0 Å². The summed E-state index contributed by atoms with van der Waals surface area (Å²) in [6, 6.07) is 76.2. The maximum Gasteiger partial charge on any atom is 0.0535 e. The number of aromatic nitrogens is 2. The van der Waals surface area contributed by atoms with Gasteiger partial charge in [-0.05, 0) is 145 Å². The van der Waals surface area contributed by atoms with E-state index in [0.717, 1.165) is 36.3 Å². The van der Waals surface area contributed by atoms with Crippen molar-refractivity contribution in [3.8, 4) is 67.3 Å². The van der Waals surface area contributed by atoms with E-state index in [-0.39, 0.29) is 5.92 Å². The number of fused-ring (bicyclic) bond motifs is 2. The van der Waals surface area contributed by atoms with E-state index in [4.69, 9.17) is 0 Å². The Bertz CT molecular complexity index is 3470. The molecule has 0 fully saturated rings. The summed E-state index contributed by atoms with van der Waals surface area (Å²) in [4.78, 5) is 0. The summed E-state index contributed by atoms with van der Waals surface area (Å²) in [5.74, 6) is 0.284. The molecule has 1 atom stereocenters. The SMILES string of the molecule is C1=CCCC(c2ccc(C3C=CC=CC3)n2-c2ccc3c(-c4ccccc4)c4cc(-n5c(-c6ccccc6)ccc5-c5ccccc5)ccc4c(-c4cccc(-c5ccccc5)c4)c3c2)=C1. The molecule has 2 aliphatic carbocycles. The van der Waals surface area contributed by atoms with Crippen molar-refractivity contribution >= 4 is 27.1 Å². The quantitative estimate of drug-likeness (QED) is 0.128. The molecule has 10 aromatic rings. The number of benzene rings is 8. The molecule has 8 aromatic carbocycles. The molecular formula is C64H48N2. The van der Waals surface area contributed by atoms with Crippen LogP contribution in [0.3, 0.4) is 0 Å². The molecule has 0 amide bonds. The van der Waals surface area contributed by atoms with E-state index < -0.39 is 0 Å². The number of allylic oxidation sites excluding steroid dienone is 8. The second kappa shape index (κ2) is 17.1. The minimum absolute atomic E-state index is 0.284. The molecule has 2 aromatic heterocycles. The molecule has 314 valence electrons. The Hall–Kier alpha value is -8.20. The molecule has 0 saturated heterocycles. The van der Waals surface area contributed by atoms with Crippen molar-refractivity contribution in [3.63, 3.8) is 0 Å². The van der Waals surface area contributed by atoms with Crippen LogP contribution in [0.25, 0.3) is 94.4 Å². The Morgan fingerprint density at radius 1 is 0.364 bits per heavy atom. The fourth-order valence-corrected chi connectivity index (χ4v) is 10.5. The molecule has 2 heterocycles. The van der Waals surface area contributed by atoms with Gasteiger partial charge in [0.05, 0.1) is 11.4 Å². The molecule has 0 bridgehead atoms. The van der Waals surface area contributed by atoms with Gasteiger partial charge in [0.1, 0.15) is 0 Å². The van der Waals surface area contributed by atoms with Crippen LogP contribution in [-0.4, -0.2) is 9.13 Å². The highest BCUT2D eigenvalue weighted by Crippen LogP contribution is 2.47. The van der Waals surface area contributed by atoms with Crippen molar-refractivity contribution in [1.29, 1.82) is 0 Å². The van der Waals surface area contributed by atoms with E-state index in [1.807, 2.05) is 0 Å². The van der Waals surface area contributed by atoms with Gasteiger partial charge in [0.2, 0.25) is 0 Å². The van der Waals surface area contributed by atoms with Crippen LogP contribution in [0.4, 0.5) is 0 Å². The average Bonchev–Trinajstić information content (AvgIpc) is 4.06. The minimum Gasteiger partial charge on any atom is -0.313 e. The molecule has 2 heteroatoms. The largest absolute Gasteiger partial charge is 0.313 e. The van der Waals surface area contributed by atoms with Crippen molar-refractivity contribution in [3.05, 3.63) is 260 Å². The maximum absolute atomic E-state index is 2.56. The third kappa shape index (κ3) is 7.08. The lowest BCUT2D eigenvalue weighted by Crippen LogP contribution is -2.09. The monoisotopic (exact) mass is 844 g/mol. The molecule has 2 nitrogen and oxygen atoms in total. The van der Waals surface area contributed by atoms with Crippen molar-refractivity contribution in [2.24, 2.45) is 0 Å². The van der Waals surface area contributed by atoms with Crippen LogP contribution in [0.2, 0.25) is 0 Å². The first-order valence-electron chi connectivity index (χ1n) is 23.3. The van der Waals surface area contributed by atoms with Gasteiger partial charge in [-0.1, -0.05) is 194 Å². The first kappa shape index (κ1) is 39.4. The highest BCUT2D eigenvalue weighted by atomic mass is 15.0. The zero-order valence-corrected chi connectivity index (χ0v) is 36.8. The third-order valence-corrected chi connectivity index (χ3v) is 13.6. The Morgan fingerprint density at radius 2 is 0.909 bits per heavy atom. The van der Waals surface area contributed by atoms with Gasteiger partial charge in [-0.15, -0.1) is 0 Å². The Morgan fingerprint density at radius 3 is 1.50 bits per heavy atom. The van der Waals surface area contributed by atoms with Crippen LogP contribution in [0.1, 0.15) is 36.6 Å². The van der Waals surface area contributed by atoms with Gasteiger partial charge < -0.3 is 9.13 Å². The Balaban J connectivity index is 1.18. The van der Waals surface area contributed by atoms with Gasteiger partial charge in [0, 0.05) is 28.7 Å². The van der Waals surface area contributed by atoms with Crippen LogP contribution in [0, 0.1) is 0 Å². The van der Waals surface area contributed by atoms with Gasteiger partial charge in [0.15, 0.2) is 0 Å². The molecule has 0 saturated carbocycles. The van der Waals surface area contributed by atoms with Gasteiger partial charge in [0.25, 0.3) is 0 Å². The lowest BCUT2D eigenvalue weighted by atomic mass is 9.85. The normalized spacial score (nSPS) is 14.5. The molecule has 0 spiro atoms. The molecule has 66 heavy (non-hydrogen) atoms. The fraction of sp³-hybridized carbons (Fsp3) is 0.0625. The molecule has 2 aliphatic rings. The summed E-state index contributed by atoms with van der Waals surface area (Å²) >= 11 is 0. The van der Waals surface area contributed by atoms with Gasteiger partial charge in [-0.3, -0.25) is 0 Å². The number of hydrogen-bond donors (Lipinski definition) is 0. The van der Waals surface area contributed by atoms with Crippen molar-refractivity contribution < 1.29 is 0 Å². The summed E-state index contributed by atoms with van der Waals surface area (Å²) in [5, 5.41) is 4.89. The van der Waals surface area contributed by atoms with Crippen LogP contribution >= 0.6 is 0 Å². The van der Waals surface area contributed by atoms with E-state index in [1.165, 1.54) is 88.7 Å². The highest BCUT2D eigenvalue weighted by molar-refractivity contribution is 6.22. The molecule has 0 N–H and O–H groups in total. The van der Waals surface area contributed by atoms with E-state index >= 15 is 0 Å². The van der Waals surface area contributed by atoms with Crippen molar-refractivity contribution in [1.82, 2.24) is 9.13 Å². The summed E-state index contributed by atoms with van der Waals surface area (Å²) in [6.45, 7) is 0. The van der Waals surface area contributed by atoms with Crippen LogP contribution in [0.5, 0.6) is 0 Å². The van der Waals surface area contributed by atoms with Crippen LogP contribution in [-0.2, 0) is 0 Å². The first-order valence-corrected chi connectivity index (χ1v) is 23.3. The molecule has 1 unspecified atom stereocenters. The second-order valence-corrected chi connectivity index (χ2v) is 17.5. The van der Waals surface area contributed by atoms with Gasteiger partial charge in [-0.2, -0.15) is 0 Å². The summed E-state index contributed by atoms with van der Waals surface area (Å²) < 4.78 is 5.00. The minimum atomic E-state index is 0.284. The van der Waals surface area contributed by atoms with E-state index in [1.54, 1.807) is 0 Å². The van der Waals surface area contributed by atoms with Gasteiger partial charge >= 0.3 is 0 Å². The fourth-order valence-electron chi connectivity index (χ4n) is 10.5. The first-order chi connectivity index (χ1) is 32.8. The third-order valence-electron chi connectivity index (χ3n) is 13.6. The lowest BCUT2D eigenvalue weighted by Gasteiger charge is -2.23. The van der Waals surface area contributed by atoms with E-state index in [9.17, 15) is 0 Å². The lowest BCUT2D eigenvalue weighted by molar-refractivity contribution is 0.779. The summed E-state index contributed by atoms with van der Waals surface area (Å²) in [6.07, 6.45) is 18.9. The predicted octanol–water partition coefficient (Wildman–Crippen LogP) is 17.2. The molecular weight excluding hydrogens is 797 g/mol. The molecule has 0 radical (unpaired) electrons. The predicted molar refractivity (Wildman–Crippen MR) is 279 cm³/mol. The van der Waals surface area contributed by atoms with E-state index in [2.05, 4.69) is 258 Å². The van der Waals surface area contributed by atoms with Crippen LogP contribution in [0.15, 0.2) is 249 Å². The highest BCUT2D eigenvalue weighted by Gasteiger charge is 2.24. The Labute approximate surface area is 387 Å².